The van der Waals surface area contributed by atoms with Crippen LogP contribution in [0.25, 0.3) is 0 Å². The number of hydrogen-bond acceptors (Lipinski definition) is 1. The number of fused-ring (bicyclic) bond motifs is 9. The fraction of sp³-hybridized carbons (Fsp3) is 0.857. The van der Waals surface area contributed by atoms with Crippen molar-refractivity contribution in [1.82, 2.24) is 0 Å². The van der Waals surface area contributed by atoms with Crippen molar-refractivity contribution in [3.63, 3.8) is 0 Å². The molecular formula is C14H21ClOSi. The topological polar surface area (TPSA) is 9.23 Å². The predicted octanol–water partition coefficient (Wildman–Crippen LogP) is 3.79. The number of rotatable bonds is 2. The van der Waals surface area contributed by atoms with Gasteiger partial charge in [0, 0.05) is 7.11 Å². The fourth-order valence-electron chi connectivity index (χ4n) is 5.76. The lowest BCUT2D eigenvalue weighted by Crippen LogP contribution is -2.41. The zero-order valence-electron chi connectivity index (χ0n) is 10.6. The average Bonchev–Trinajstić information content (AvgIpc) is 3.05. The van der Waals surface area contributed by atoms with E-state index in [2.05, 4.69) is 18.7 Å². The van der Waals surface area contributed by atoms with Crippen molar-refractivity contribution < 1.29 is 4.43 Å². The largest absolute Gasteiger partial charge is 0.406 e. The molecule has 4 bridgehead atoms. The van der Waals surface area contributed by atoms with E-state index in [1.165, 1.54) is 19.3 Å². The SMILES string of the molecule is CO[Si](C)(Cl)C1CC2CC1C1C3C=CC(C3)C21. The van der Waals surface area contributed by atoms with Crippen LogP contribution in [0.1, 0.15) is 19.3 Å². The predicted molar refractivity (Wildman–Crippen MR) is 72.2 cm³/mol. The first-order chi connectivity index (χ1) is 8.12. The quantitative estimate of drug-likeness (QED) is 0.320. The highest BCUT2D eigenvalue weighted by Crippen LogP contribution is 2.70. The summed E-state index contributed by atoms with van der Waals surface area (Å²) >= 11 is 6.71. The Morgan fingerprint density at radius 2 is 1.82 bits per heavy atom. The van der Waals surface area contributed by atoms with Crippen LogP contribution in [-0.2, 0) is 4.43 Å². The summed E-state index contributed by atoms with van der Waals surface area (Å²) in [4.78, 5) is 0. The van der Waals surface area contributed by atoms with E-state index < -0.39 is 7.63 Å². The van der Waals surface area contributed by atoms with E-state index in [1.54, 1.807) is 0 Å². The van der Waals surface area contributed by atoms with Gasteiger partial charge in [-0.2, -0.15) is 0 Å². The second-order valence-electron chi connectivity index (χ2n) is 6.79. The van der Waals surface area contributed by atoms with E-state index in [9.17, 15) is 0 Å². The summed E-state index contributed by atoms with van der Waals surface area (Å²) in [6.07, 6.45) is 9.28. The molecule has 8 unspecified atom stereocenters. The molecule has 94 valence electrons. The lowest BCUT2D eigenvalue weighted by Gasteiger charge is -2.40. The molecule has 0 aliphatic heterocycles. The van der Waals surface area contributed by atoms with Crippen LogP contribution in [0.3, 0.4) is 0 Å². The van der Waals surface area contributed by atoms with Crippen LogP contribution in [0.5, 0.6) is 0 Å². The van der Waals surface area contributed by atoms with Crippen molar-refractivity contribution in [2.75, 3.05) is 7.11 Å². The molecule has 0 spiro atoms. The molecule has 3 heteroatoms. The average molecular weight is 269 g/mol. The molecule has 0 N–H and O–H groups in total. The minimum absolute atomic E-state index is 0.716. The molecule has 0 aromatic heterocycles. The maximum atomic E-state index is 6.71. The molecule has 4 rings (SSSR count). The maximum Gasteiger partial charge on any atom is 0.290 e. The van der Waals surface area contributed by atoms with Gasteiger partial charge in [-0.1, -0.05) is 12.2 Å². The molecule has 0 radical (unpaired) electrons. The van der Waals surface area contributed by atoms with Crippen LogP contribution in [0.4, 0.5) is 0 Å². The van der Waals surface area contributed by atoms with Crippen molar-refractivity contribution in [2.45, 2.75) is 31.4 Å². The lowest BCUT2D eigenvalue weighted by atomic mass is 9.73. The Balaban J connectivity index is 1.65. The minimum atomic E-state index is -1.94. The fourth-order valence-corrected chi connectivity index (χ4v) is 8.66. The van der Waals surface area contributed by atoms with E-state index in [-0.39, 0.29) is 0 Å². The van der Waals surface area contributed by atoms with Gasteiger partial charge in [0.1, 0.15) is 0 Å². The molecule has 0 aromatic rings. The molecular weight excluding hydrogens is 248 g/mol. The molecule has 0 saturated heterocycles. The van der Waals surface area contributed by atoms with E-state index in [0.29, 0.717) is 5.54 Å². The van der Waals surface area contributed by atoms with Gasteiger partial charge in [-0.25, -0.2) is 0 Å². The number of hydrogen-bond donors (Lipinski definition) is 0. The van der Waals surface area contributed by atoms with E-state index in [0.717, 1.165) is 35.5 Å². The highest BCUT2D eigenvalue weighted by molar-refractivity contribution is 7.16. The monoisotopic (exact) mass is 268 g/mol. The molecule has 4 aliphatic rings. The first-order valence-corrected chi connectivity index (χ1v) is 10.5. The van der Waals surface area contributed by atoms with Crippen LogP contribution in [0.2, 0.25) is 12.1 Å². The van der Waals surface area contributed by atoms with Crippen LogP contribution in [-0.4, -0.2) is 14.7 Å². The summed E-state index contributed by atoms with van der Waals surface area (Å²) in [5.74, 6) is 5.65. The first kappa shape index (κ1) is 11.1. The molecule has 0 aromatic carbocycles. The minimum Gasteiger partial charge on any atom is -0.406 e. The summed E-state index contributed by atoms with van der Waals surface area (Å²) < 4.78 is 5.69. The van der Waals surface area contributed by atoms with Crippen LogP contribution >= 0.6 is 11.1 Å². The van der Waals surface area contributed by atoms with Gasteiger partial charge in [0.2, 0.25) is 0 Å². The van der Waals surface area contributed by atoms with Crippen LogP contribution in [0.15, 0.2) is 12.2 Å². The summed E-state index contributed by atoms with van der Waals surface area (Å²) in [7, 11) is -0.114. The second kappa shape index (κ2) is 3.40. The third-order valence-corrected chi connectivity index (χ3v) is 10.4. The summed E-state index contributed by atoms with van der Waals surface area (Å²) in [6, 6.07) is 0. The van der Waals surface area contributed by atoms with E-state index >= 15 is 0 Å². The van der Waals surface area contributed by atoms with Crippen molar-refractivity contribution in [3.05, 3.63) is 12.2 Å². The van der Waals surface area contributed by atoms with E-state index in [4.69, 9.17) is 15.5 Å². The molecule has 3 fully saturated rings. The number of allylic oxidation sites excluding steroid dienone is 2. The zero-order chi connectivity index (χ0) is 11.8. The van der Waals surface area contributed by atoms with Crippen LogP contribution in [0, 0.1) is 35.5 Å². The molecule has 1 nitrogen and oxygen atoms in total. The van der Waals surface area contributed by atoms with Gasteiger partial charge >= 0.3 is 0 Å². The summed E-state index contributed by atoms with van der Waals surface area (Å²) in [5, 5.41) is 0. The van der Waals surface area contributed by atoms with E-state index in [1.807, 2.05) is 7.11 Å². The van der Waals surface area contributed by atoms with Gasteiger partial charge in [-0.3, -0.25) is 0 Å². The van der Waals surface area contributed by atoms with Crippen molar-refractivity contribution >= 4 is 18.7 Å². The highest BCUT2D eigenvalue weighted by Gasteiger charge is 2.64. The van der Waals surface area contributed by atoms with Crippen molar-refractivity contribution in [3.8, 4) is 0 Å². The molecule has 8 atom stereocenters. The smallest absolute Gasteiger partial charge is 0.290 e. The van der Waals surface area contributed by atoms with Gasteiger partial charge in [-0.05, 0) is 66.9 Å². The Labute approximate surface area is 109 Å². The Morgan fingerprint density at radius 1 is 1.12 bits per heavy atom. The third kappa shape index (κ3) is 1.30. The Hall–Kier alpha value is 0.207. The van der Waals surface area contributed by atoms with Gasteiger partial charge in [0.15, 0.2) is 0 Å². The van der Waals surface area contributed by atoms with Crippen LogP contribution < -0.4 is 0 Å². The molecule has 3 saturated carbocycles. The first-order valence-electron chi connectivity index (χ1n) is 7.04. The van der Waals surface area contributed by atoms with Gasteiger partial charge < -0.3 is 4.43 Å². The zero-order valence-corrected chi connectivity index (χ0v) is 12.4. The van der Waals surface area contributed by atoms with Gasteiger partial charge in [-0.15, -0.1) is 11.1 Å². The second-order valence-corrected chi connectivity index (χ2v) is 12.2. The molecule has 17 heavy (non-hydrogen) atoms. The normalized spacial score (nSPS) is 57.5. The van der Waals surface area contributed by atoms with Gasteiger partial charge in [0.25, 0.3) is 7.63 Å². The lowest BCUT2D eigenvalue weighted by molar-refractivity contribution is 0.195. The Bertz CT molecular complexity index is 380. The third-order valence-electron chi connectivity index (χ3n) is 6.33. The molecule has 0 heterocycles. The summed E-state index contributed by atoms with van der Waals surface area (Å²) in [5.41, 5.74) is 0.716. The summed E-state index contributed by atoms with van der Waals surface area (Å²) in [6.45, 7) is 2.21. The standard InChI is InChI=1S/C14H21ClOSi/c1-16-17(2,15)12-7-10-6-11(12)14-9-4-3-8(5-9)13(10)14/h3-4,8-14H,5-7H2,1-2H3. The van der Waals surface area contributed by atoms with Crippen molar-refractivity contribution in [2.24, 2.45) is 35.5 Å². The molecule has 0 amide bonds. The Morgan fingerprint density at radius 3 is 2.53 bits per heavy atom. The Kier molecular flexibility index (Phi) is 2.21. The van der Waals surface area contributed by atoms with Crippen molar-refractivity contribution in [1.29, 1.82) is 0 Å². The number of halogens is 1. The van der Waals surface area contributed by atoms with Gasteiger partial charge in [0.05, 0.1) is 0 Å². The molecule has 4 aliphatic carbocycles. The highest BCUT2D eigenvalue weighted by atomic mass is 35.6. The maximum absolute atomic E-state index is 6.71.